The molecular weight excluding hydrogens is 256 g/mol. The van der Waals surface area contributed by atoms with Crippen LogP contribution in [-0.2, 0) is 20.6 Å². The van der Waals surface area contributed by atoms with Crippen molar-refractivity contribution in [3.63, 3.8) is 0 Å². The van der Waals surface area contributed by atoms with E-state index >= 15 is 0 Å². The van der Waals surface area contributed by atoms with Gasteiger partial charge in [-0.25, -0.2) is 16.8 Å². The summed E-state index contributed by atoms with van der Waals surface area (Å²) in [6.07, 6.45) is 0.0724. The molecule has 0 radical (unpaired) electrons. The van der Waals surface area contributed by atoms with E-state index in [0.29, 0.717) is 0 Å². The van der Waals surface area contributed by atoms with E-state index in [0.717, 1.165) is 0 Å². The molecule has 0 saturated heterocycles. The maximum atomic E-state index is 10.2. The number of rotatable bonds is 4. The van der Waals surface area contributed by atoms with Crippen LogP contribution in [0, 0.1) is 0 Å². The van der Waals surface area contributed by atoms with Gasteiger partial charge in [0.25, 0.3) is 0 Å². The zero-order valence-electron chi connectivity index (χ0n) is 8.13. The van der Waals surface area contributed by atoms with E-state index in [1.165, 1.54) is 6.92 Å². The number of nitrogens with zero attached hydrogens (tertiary/aromatic N) is 1. The van der Waals surface area contributed by atoms with Gasteiger partial charge in [-0.05, 0) is 6.42 Å². The minimum absolute atomic E-state index is 0. The summed E-state index contributed by atoms with van der Waals surface area (Å²) in [4.78, 5) is 0. The third-order valence-corrected chi connectivity index (χ3v) is 3.36. The Hall–Kier alpha value is 1.78. The molecule has 0 aromatic carbocycles. The summed E-state index contributed by atoms with van der Waals surface area (Å²) < 4.78 is 60.3. The second-order valence-corrected chi connectivity index (χ2v) is 4.74. The van der Waals surface area contributed by atoms with E-state index in [2.05, 4.69) is 0 Å². The molecule has 0 aliphatic heterocycles. The molecule has 0 aromatic rings. The summed E-state index contributed by atoms with van der Waals surface area (Å²) >= 11 is 0. The molecule has 0 spiro atoms. The Labute approximate surface area is 128 Å². The van der Waals surface area contributed by atoms with Crippen molar-refractivity contribution in [1.82, 2.24) is 3.71 Å². The summed E-state index contributed by atoms with van der Waals surface area (Å²) in [5.41, 5.74) is 0. The van der Waals surface area contributed by atoms with Gasteiger partial charge in [0.1, 0.15) is 0 Å². The molecule has 7 nitrogen and oxygen atoms in total. The smallest absolute Gasteiger partial charge is 0.735 e. The van der Waals surface area contributed by atoms with Gasteiger partial charge in [-0.2, -0.15) is 0 Å². The Kier molecular flexibility index (Phi) is 12.0. The van der Waals surface area contributed by atoms with Gasteiger partial charge in [0.15, 0.2) is 20.6 Å². The monoisotopic (exact) mass is 263 g/mol. The van der Waals surface area contributed by atoms with Gasteiger partial charge < -0.3 is 9.11 Å². The number of hydrogen-bond acceptors (Lipinski definition) is 6. The van der Waals surface area contributed by atoms with Crippen molar-refractivity contribution in [1.29, 1.82) is 0 Å². The van der Waals surface area contributed by atoms with Crippen LogP contribution in [0.1, 0.15) is 13.3 Å². The van der Waals surface area contributed by atoms with Crippen LogP contribution >= 0.6 is 0 Å². The zero-order chi connectivity index (χ0) is 9.99. The second-order valence-electron chi connectivity index (χ2n) is 1.91. The first-order valence-corrected chi connectivity index (χ1v) is 5.62. The average Bonchev–Trinajstić information content (AvgIpc) is 1.77. The second kappa shape index (κ2) is 7.96. The molecule has 0 heterocycles. The SMILES string of the molecule is CCCN(S(=O)(=O)[O-])S(=O)(=O)[O-].[Na+].[Na+]. The maximum Gasteiger partial charge on any atom is 1.00 e. The van der Waals surface area contributed by atoms with Crippen LogP contribution < -0.4 is 59.1 Å². The molecule has 0 unspecified atom stereocenters. The fourth-order valence-electron chi connectivity index (χ4n) is 0.518. The molecule has 0 atom stereocenters. The fourth-order valence-corrected chi connectivity index (χ4v) is 2.22. The quantitative estimate of drug-likeness (QED) is 0.367. The third kappa shape index (κ3) is 7.99. The van der Waals surface area contributed by atoms with Gasteiger partial charge in [-0.1, -0.05) is 6.92 Å². The zero-order valence-corrected chi connectivity index (χ0v) is 13.8. The Morgan fingerprint density at radius 2 is 1.29 bits per heavy atom. The largest absolute Gasteiger partial charge is 1.00 e. The van der Waals surface area contributed by atoms with Crippen molar-refractivity contribution in [3.05, 3.63) is 0 Å². The minimum atomic E-state index is -5.20. The average molecular weight is 263 g/mol. The van der Waals surface area contributed by atoms with E-state index in [1.54, 1.807) is 0 Å². The minimum Gasteiger partial charge on any atom is -0.735 e. The Balaban J connectivity index is -0.000000605. The van der Waals surface area contributed by atoms with Gasteiger partial charge in [0.2, 0.25) is 0 Å². The molecule has 74 valence electrons. The third-order valence-electron chi connectivity index (χ3n) is 0.905. The van der Waals surface area contributed by atoms with Gasteiger partial charge in [-0.15, -0.1) is 3.71 Å². The molecule has 14 heavy (non-hydrogen) atoms. The van der Waals surface area contributed by atoms with Crippen LogP contribution in [0.3, 0.4) is 0 Å². The molecule has 0 N–H and O–H groups in total. The molecule has 0 aliphatic rings. The topological polar surface area (TPSA) is 118 Å². The summed E-state index contributed by atoms with van der Waals surface area (Å²) in [6.45, 7) is 0.820. The van der Waals surface area contributed by atoms with Crippen LogP contribution in [0.2, 0.25) is 0 Å². The van der Waals surface area contributed by atoms with Crippen molar-refractivity contribution in [3.8, 4) is 0 Å². The van der Waals surface area contributed by atoms with Crippen molar-refractivity contribution in [2.75, 3.05) is 6.54 Å². The van der Waals surface area contributed by atoms with E-state index in [4.69, 9.17) is 0 Å². The standard InChI is InChI=1S/C3H9NO6S2.2Na/c1-2-3-4(11(5,6)7)12(8,9)10;;/h2-3H2,1H3,(H,5,6,7)(H,8,9,10);;/q;2*+1/p-2. The first-order valence-electron chi connectivity index (χ1n) is 2.89. The van der Waals surface area contributed by atoms with E-state index in [-0.39, 0.29) is 65.5 Å². The van der Waals surface area contributed by atoms with Crippen molar-refractivity contribution in [2.24, 2.45) is 0 Å². The molecule has 0 amide bonds. The predicted molar refractivity (Wildman–Crippen MR) is 36.4 cm³/mol. The van der Waals surface area contributed by atoms with Crippen LogP contribution in [0.25, 0.3) is 0 Å². The molecular formula is C3H7NNa2O6S2. The fraction of sp³-hybridized carbons (Fsp3) is 1.00. The Morgan fingerprint density at radius 1 is 1.00 bits per heavy atom. The van der Waals surface area contributed by atoms with E-state index in [9.17, 15) is 25.9 Å². The molecule has 0 aliphatic carbocycles. The first-order chi connectivity index (χ1) is 5.19. The molecule has 0 rings (SSSR count). The van der Waals surface area contributed by atoms with Gasteiger partial charge in [0, 0.05) is 6.54 Å². The van der Waals surface area contributed by atoms with Crippen LogP contribution in [-0.4, -0.2) is 36.2 Å². The number of hydrogen-bond donors (Lipinski definition) is 0. The van der Waals surface area contributed by atoms with Crippen LogP contribution in [0.5, 0.6) is 0 Å². The Bertz CT molecular complexity index is 304. The molecule has 0 fully saturated rings. The summed E-state index contributed by atoms with van der Waals surface area (Å²) in [5.74, 6) is 0. The van der Waals surface area contributed by atoms with E-state index < -0.39 is 30.9 Å². The maximum absolute atomic E-state index is 10.2. The summed E-state index contributed by atoms with van der Waals surface area (Å²) in [6, 6.07) is 0. The van der Waals surface area contributed by atoms with E-state index in [1.807, 2.05) is 0 Å². The molecule has 0 aromatic heterocycles. The normalized spacial score (nSPS) is 11.7. The van der Waals surface area contributed by atoms with Crippen molar-refractivity contribution < 1.29 is 85.1 Å². The van der Waals surface area contributed by atoms with Crippen molar-refractivity contribution >= 4 is 20.6 Å². The molecule has 0 bridgehead atoms. The summed E-state index contributed by atoms with van der Waals surface area (Å²) in [7, 11) is -10.4. The van der Waals surface area contributed by atoms with Gasteiger partial charge in [0.05, 0.1) is 0 Å². The van der Waals surface area contributed by atoms with Crippen LogP contribution in [0.15, 0.2) is 0 Å². The molecule has 11 heteroatoms. The predicted octanol–water partition coefficient (Wildman–Crippen LogP) is -7.37. The van der Waals surface area contributed by atoms with Gasteiger partial charge in [-0.3, -0.25) is 0 Å². The summed E-state index contributed by atoms with van der Waals surface area (Å²) in [5, 5.41) is 0. The Morgan fingerprint density at radius 3 is 1.36 bits per heavy atom. The van der Waals surface area contributed by atoms with Gasteiger partial charge >= 0.3 is 59.1 Å². The molecule has 0 saturated carbocycles. The first kappa shape index (κ1) is 21.1. The van der Waals surface area contributed by atoms with Crippen molar-refractivity contribution in [2.45, 2.75) is 13.3 Å². The van der Waals surface area contributed by atoms with Crippen LogP contribution in [0.4, 0.5) is 0 Å².